The molecular formula is C16H26N2. The van der Waals surface area contributed by atoms with E-state index in [4.69, 9.17) is 5.73 Å². The fraction of sp³-hybridized carbons (Fsp3) is 0.625. The molecule has 1 aliphatic rings. The van der Waals surface area contributed by atoms with Crippen LogP contribution in [0.3, 0.4) is 0 Å². The lowest BCUT2D eigenvalue weighted by Gasteiger charge is -2.39. The van der Waals surface area contributed by atoms with Gasteiger partial charge in [-0.05, 0) is 43.7 Å². The van der Waals surface area contributed by atoms with Crippen LogP contribution in [-0.2, 0) is 0 Å². The van der Waals surface area contributed by atoms with Crippen molar-refractivity contribution in [2.45, 2.75) is 52.1 Å². The van der Waals surface area contributed by atoms with Crippen molar-refractivity contribution < 1.29 is 0 Å². The smallest absolute Gasteiger partial charge is 0.0417 e. The summed E-state index contributed by atoms with van der Waals surface area (Å²) in [7, 11) is 0. The predicted molar refractivity (Wildman–Crippen MR) is 78.9 cm³/mol. The van der Waals surface area contributed by atoms with Gasteiger partial charge in [0.1, 0.15) is 0 Å². The summed E-state index contributed by atoms with van der Waals surface area (Å²) >= 11 is 0. The molecule has 3 atom stereocenters. The van der Waals surface area contributed by atoms with E-state index in [1.807, 2.05) is 0 Å². The second-order valence-electron chi connectivity index (χ2n) is 5.75. The lowest BCUT2D eigenvalue weighted by Crippen LogP contribution is -2.41. The molecular weight excluding hydrogens is 220 g/mol. The number of rotatable bonds is 3. The highest BCUT2D eigenvalue weighted by Crippen LogP contribution is 2.32. The van der Waals surface area contributed by atoms with E-state index < -0.39 is 0 Å². The molecule has 2 nitrogen and oxygen atoms in total. The maximum absolute atomic E-state index is 6.25. The molecule has 1 aliphatic heterocycles. The Morgan fingerprint density at radius 2 is 2.06 bits per heavy atom. The summed E-state index contributed by atoms with van der Waals surface area (Å²) in [5, 5.41) is 0. The minimum Gasteiger partial charge on any atom is -0.369 e. The molecule has 2 N–H and O–H groups in total. The Morgan fingerprint density at radius 3 is 2.72 bits per heavy atom. The maximum Gasteiger partial charge on any atom is 0.0417 e. The van der Waals surface area contributed by atoms with E-state index in [0.717, 1.165) is 18.9 Å². The van der Waals surface area contributed by atoms with Crippen LogP contribution >= 0.6 is 0 Å². The molecule has 3 unspecified atom stereocenters. The van der Waals surface area contributed by atoms with Crippen molar-refractivity contribution in [1.82, 2.24) is 0 Å². The molecule has 0 aromatic heterocycles. The van der Waals surface area contributed by atoms with Gasteiger partial charge in [-0.3, -0.25) is 0 Å². The zero-order chi connectivity index (χ0) is 13.1. The van der Waals surface area contributed by atoms with Gasteiger partial charge in [-0.25, -0.2) is 0 Å². The Kier molecular flexibility index (Phi) is 4.28. The first-order valence-electron chi connectivity index (χ1n) is 7.24. The van der Waals surface area contributed by atoms with Crippen molar-refractivity contribution in [3.63, 3.8) is 0 Å². The molecule has 100 valence electrons. The highest BCUT2D eigenvalue weighted by atomic mass is 15.2. The first-order chi connectivity index (χ1) is 8.63. The maximum atomic E-state index is 6.25. The molecule has 1 fully saturated rings. The molecule has 1 saturated heterocycles. The van der Waals surface area contributed by atoms with Crippen molar-refractivity contribution in [2.75, 3.05) is 11.4 Å². The van der Waals surface area contributed by atoms with Crippen LogP contribution < -0.4 is 10.6 Å². The topological polar surface area (TPSA) is 29.3 Å². The number of para-hydroxylation sites is 1. The lowest BCUT2D eigenvalue weighted by molar-refractivity contribution is 0.377. The van der Waals surface area contributed by atoms with Crippen LogP contribution in [0, 0.1) is 5.92 Å². The van der Waals surface area contributed by atoms with E-state index in [9.17, 15) is 0 Å². The third kappa shape index (κ3) is 2.69. The Morgan fingerprint density at radius 1 is 1.33 bits per heavy atom. The first kappa shape index (κ1) is 13.4. The van der Waals surface area contributed by atoms with E-state index in [2.05, 4.69) is 49.9 Å². The van der Waals surface area contributed by atoms with E-state index in [-0.39, 0.29) is 6.04 Å². The Balaban J connectivity index is 2.27. The van der Waals surface area contributed by atoms with Crippen molar-refractivity contribution in [1.29, 1.82) is 0 Å². The van der Waals surface area contributed by atoms with E-state index >= 15 is 0 Å². The third-order valence-corrected chi connectivity index (χ3v) is 4.22. The Labute approximate surface area is 111 Å². The number of benzene rings is 1. The number of nitrogens with zero attached hydrogens (tertiary/aromatic N) is 1. The highest BCUT2D eigenvalue weighted by molar-refractivity contribution is 5.56. The third-order valence-electron chi connectivity index (χ3n) is 4.22. The number of hydrogen-bond donors (Lipinski definition) is 1. The molecule has 0 radical (unpaired) electrons. The normalized spacial score (nSPS) is 26.1. The molecule has 0 amide bonds. The molecule has 0 aliphatic carbocycles. The largest absolute Gasteiger partial charge is 0.369 e. The second-order valence-corrected chi connectivity index (χ2v) is 5.75. The monoisotopic (exact) mass is 246 g/mol. The lowest BCUT2D eigenvalue weighted by atomic mass is 9.91. The first-order valence-corrected chi connectivity index (χ1v) is 7.24. The van der Waals surface area contributed by atoms with Crippen LogP contribution in [0.2, 0.25) is 0 Å². The van der Waals surface area contributed by atoms with Gasteiger partial charge in [-0.1, -0.05) is 32.0 Å². The molecule has 1 aromatic carbocycles. The van der Waals surface area contributed by atoms with Crippen molar-refractivity contribution in [3.8, 4) is 0 Å². The van der Waals surface area contributed by atoms with Gasteiger partial charge in [-0.15, -0.1) is 0 Å². The molecule has 1 aromatic rings. The van der Waals surface area contributed by atoms with Crippen LogP contribution in [0.5, 0.6) is 0 Å². The predicted octanol–water partition coefficient (Wildman–Crippen LogP) is 3.72. The van der Waals surface area contributed by atoms with Gasteiger partial charge in [0.05, 0.1) is 0 Å². The second kappa shape index (κ2) is 5.75. The van der Waals surface area contributed by atoms with Crippen LogP contribution in [0.25, 0.3) is 0 Å². The summed E-state index contributed by atoms with van der Waals surface area (Å²) in [5.41, 5.74) is 8.91. The van der Waals surface area contributed by atoms with E-state index in [0.29, 0.717) is 6.04 Å². The number of anilines is 1. The fourth-order valence-electron chi connectivity index (χ4n) is 3.05. The van der Waals surface area contributed by atoms with Gasteiger partial charge in [0.15, 0.2) is 0 Å². The summed E-state index contributed by atoms with van der Waals surface area (Å²) in [6, 6.07) is 9.44. The molecule has 1 heterocycles. The minimum absolute atomic E-state index is 0.160. The fourth-order valence-corrected chi connectivity index (χ4v) is 3.05. The molecule has 18 heavy (non-hydrogen) atoms. The van der Waals surface area contributed by atoms with Crippen LogP contribution in [0.4, 0.5) is 5.69 Å². The Hall–Kier alpha value is -1.02. The Bertz CT molecular complexity index is 388. The van der Waals surface area contributed by atoms with Gasteiger partial charge in [-0.2, -0.15) is 0 Å². The summed E-state index contributed by atoms with van der Waals surface area (Å²) in [6.45, 7) is 8.01. The molecule has 0 bridgehead atoms. The number of hydrogen-bond acceptors (Lipinski definition) is 2. The SMILES string of the molecule is CCC(N)c1ccccc1N1CCC(C)CC1C. The van der Waals surface area contributed by atoms with Gasteiger partial charge in [0, 0.05) is 24.3 Å². The zero-order valence-corrected chi connectivity index (χ0v) is 11.9. The van der Waals surface area contributed by atoms with E-state index in [1.165, 1.54) is 24.1 Å². The van der Waals surface area contributed by atoms with Crippen LogP contribution in [0.1, 0.15) is 51.6 Å². The van der Waals surface area contributed by atoms with Crippen molar-refractivity contribution in [2.24, 2.45) is 11.7 Å². The summed E-state index contributed by atoms with van der Waals surface area (Å²) in [5.74, 6) is 0.850. The molecule has 2 heteroatoms. The number of piperidine rings is 1. The summed E-state index contributed by atoms with van der Waals surface area (Å²) in [4.78, 5) is 2.55. The molecule has 0 spiro atoms. The van der Waals surface area contributed by atoms with Crippen LogP contribution in [0.15, 0.2) is 24.3 Å². The number of nitrogens with two attached hydrogens (primary N) is 1. The average Bonchev–Trinajstić information content (AvgIpc) is 2.38. The van der Waals surface area contributed by atoms with Crippen molar-refractivity contribution in [3.05, 3.63) is 29.8 Å². The summed E-state index contributed by atoms with van der Waals surface area (Å²) in [6.07, 6.45) is 3.57. The standard InChI is InChI=1S/C16H26N2/c1-4-15(17)14-7-5-6-8-16(14)18-10-9-12(2)11-13(18)3/h5-8,12-13,15H,4,9-11,17H2,1-3H3. The highest BCUT2D eigenvalue weighted by Gasteiger charge is 2.25. The minimum atomic E-state index is 0.160. The van der Waals surface area contributed by atoms with Crippen molar-refractivity contribution >= 4 is 5.69 Å². The van der Waals surface area contributed by atoms with Crippen LogP contribution in [-0.4, -0.2) is 12.6 Å². The van der Waals surface area contributed by atoms with Gasteiger partial charge < -0.3 is 10.6 Å². The zero-order valence-electron chi connectivity index (χ0n) is 11.9. The van der Waals surface area contributed by atoms with Gasteiger partial charge in [0.2, 0.25) is 0 Å². The summed E-state index contributed by atoms with van der Waals surface area (Å²) < 4.78 is 0. The average molecular weight is 246 g/mol. The molecule has 2 rings (SSSR count). The quantitative estimate of drug-likeness (QED) is 0.880. The van der Waals surface area contributed by atoms with Gasteiger partial charge >= 0.3 is 0 Å². The molecule has 0 saturated carbocycles. The van der Waals surface area contributed by atoms with E-state index in [1.54, 1.807) is 0 Å². The van der Waals surface area contributed by atoms with Gasteiger partial charge in [0.25, 0.3) is 0 Å².